The molecule has 5 rings (SSSR count). The maximum Gasteiger partial charge on any atom is 0.155 e. The van der Waals surface area contributed by atoms with Crippen molar-refractivity contribution in [1.82, 2.24) is 0 Å². The van der Waals surface area contributed by atoms with Crippen molar-refractivity contribution in [1.29, 1.82) is 0 Å². The Balaban J connectivity index is 0.000000568. The van der Waals surface area contributed by atoms with Gasteiger partial charge in [-0.3, -0.25) is 4.99 Å². The van der Waals surface area contributed by atoms with Gasteiger partial charge in [-0.15, -0.1) is 0 Å². The maximum absolute atomic E-state index is 4.90. The van der Waals surface area contributed by atoms with Crippen LogP contribution < -0.4 is 0 Å². The quantitative estimate of drug-likeness (QED) is 0.349. The number of hydrogen-bond donors (Lipinski definition) is 0. The predicted molar refractivity (Wildman–Crippen MR) is 129 cm³/mol. The van der Waals surface area contributed by atoms with Crippen molar-refractivity contribution in [2.45, 2.75) is 27.7 Å². The molecule has 0 radical (unpaired) electrons. The molecular weight excluding hydrogens is 352 g/mol. The zero-order chi connectivity index (χ0) is 20.6. The monoisotopic (exact) mass is 380 g/mol. The summed E-state index contributed by atoms with van der Waals surface area (Å²) < 4.78 is 0. The highest BCUT2D eigenvalue weighted by atomic mass is 15.0. The Labute approximate surface area is 173 Å². The van der Waals surface area contributed by atoms with Gasteiger partial charge in [0.25, 0.3) is 0 Å². The molecule has 0 unspecified atom stereocenters. The summed E-state index contributed by atoms with van der Waals surface area (Å²) in [5.41, 5.74) is 3.32. The first-order chi connectivity index (χ1) is 14.4. The molecule has 146 valence electrons. The van der Waals surface area contributed by atoms with E-state index in [4.69, 9.17) is 9.98 Å². The first-order valence-electron chi connectivity index (χ1n) is 10.5. The summed E-state index contributed by atoms with van der Waals surface area (Å²) in [6.07, 6.45) is 0. The molecule has 4 aromatic rings. The van der Waals surface area contributed by atoms with Crippen LogP contribution in [0.1, 0.15) is 38.8 Å². The lowest BCUT2D eigenvalue weighted by atomic mass is 10.0. The van der Waals surface area contributed by atoms with E-state index in [0.717, 1.165) is 17.1 Å². The molecule has 0 fully saturated rings. The summed E-state index contributed by atoms with van der Waals surface area (Å²) in [4.78, 5) is 9.63. The van der Waals surface area contributed by atoms with Gasteiger partial charge < -0.3 is 0 Å². The molecular formula is C27H28N2. The van der Waals surface area contributed by atoms with E-state index in [1.54, 1.807) is 0 Å². The second kappa shape index (κ2) is 9.79. The van der Waals surface area contributed by atoms with Crippen LogP contribution in [-0.2, 0) is 0 Å². The number of amidine groups is 1. The van der Waals surface area contributed by atoms with Gasteiger partial charge in [0.15, 0.2) is 5.84 Å². The summed E-state index contributed by atoms with van der Waals surface area (Å²) in [6.45, 7) is 8.63. The minimum atomic E-state index is 0.632. The number of hydrogen-bond acceptors (Lipinski definition) is 2. The second-order valence-electron chi connectivity index (χ2n) is 6.25. The standard InChI is InChI=1S/C23H16N2.2C2H6/c1-3-11-18-16(7-1)9-5-13-20(18)22-15-24-23(25-22)21-14-6-10-17-8-2-4-12-19(17)21;2*1-2/h1-14H,15H2;2*1-2H3. The maximum atomic E-state index is 4.90. The fraction of sp³-hybridized carbons (Fsp3) is 0.185. The zero-order valence-electron chi connectivity index (χ0n) is 17.7. The number of benzene rings is 4. The van der Waals surface area contributed by atoms with E-state index in [1.165, 1.54) is 27.1 Å². The van der Waals surface area contributed by atoms with Crippen LogP contribution in [0, 0.1) is 0 Å². The fourth-order valence-corrected chi connectivity index (χ4v) is 3.54. The molecule has 0 aromatic heterocycles. The molecule has 0 N–H and O–H groups in total. The third-order valence-corrected chi connectivity index (χ3v) is 4.75. The Bertz CT molecular complexity index is 1160. The van der Waals surface area contributed by atoms with Gasteiger partial charge in [0.2, 0.25) is 0 Å². The van der Waals surface area contributed by atoms with Gasteiger partial charge in [0.1, 0.15) is 0 Å². The van der Waals surface area contributed by atoms with Crippen LogP contribution in [0.15, 0.2) is 94.9 Å². The Hall–Kier alpha value is -3.26. The van der Waals surface area contributed by atoms with Gasteiger partial charge in [-0.2, -0.15) is 0 Å². The summed E-state index contributed by atoms with van der Waals surface area (Å²) in [7, 11) is 0. The van der Waals surface area contributed by atoms with Crippen molar-refractivity contribution in [3.63, 3.8) is 0 Å². The van der Waals surface area contributed by atoms with E-state index in [-0.39, 0.29) is 0 Å². The molecule has 0 saturated heterocycles. The zero-order valence-corrected chi connectivity index (χ0v) is 17.7. The summed E-state index contributed by atoms with van der Waals surface area (Å²) in [6, 6.07) is 29.5. The normalized spacial score (nSPS) is 12.4. The third-order valence-electron chi connectivity index (χ3n) is 4.75. The van der Waals surface area contributed by atoms with Crippen molar-refractivity contribution in [2.75, 3.05) is 6.54 Å². The lowest BCUT2D eigenvalue weighted by molar-refractivity contribution is 1.34. The largest absolute Gasteiger partial charge is 0.260 e. The van der Waals surface area contributed by atoms with Crippen molar-refractivity contribution < 1.29 is 0 Å². The highest BCUT2D eigenvalue weighted by Gasteiger charge is 2.17. The van der Waals surface area contributed by atoms with E-state index in [1.807, 2.05) is 27.7 Å². The molecule has 0 amide bonds. The van der Waals surface area contributed by atoms with Gasteiger partial charge in [0.05, 0.1) is 12.3 Å². The molecule has 1 aliphatic rings. The molecule has 4 aromatic carbocycles. The minimum absolute atomic E-state index is 0.632. The number of nitrogens with zero attached hydrogens (tertiary/aromatic N) is 2. The van der Waals surface area contributed by atoms with Crippen LogP contribution >= 0.6 is 0 Å². The molecule has 0 bridgehead atoms. The molecule has 0 aliphatic carbocycles. The van der Waals surface area contributed by atoms with Crippen LogP contribution in [0.25, 0.3) is 21.5 Å². The smallest absolute Gasteiger partial charge is 0.155 e. The summed E-state index contributed by atoms with van der Waals surface area (Å²) >= 11 is 0. The highest BCUT2D eigenvalue weighted by Crippen LogP contribution is 2.24. The summed E-state index contributed by atoms with van der Waals surface area (Å²) in [5.74, 6) is 0.833. The third kappa shape index (κ3) is 4.12. The van der Waals surface area contributed by atoms with Crippen LogP contribution in [0.5, 0.6) is 0 Å². The lowest BCUT2D eigenvalue weighted by Crippen LogP contribution is -2.02. The van der Waals surface area contributed by atoms with E-state index in [0.29, 0.717) is 6.54 Å². The first kappa shape index (κ1) is 20.5. The number of aliphatic imine (C=N–C) groups is 2. The molecule has 2 nitrogen and oxygen atoms in total. The number of fused-ring (bicyclic) bond motifs is 2. The molecule has 1 heterocycles. The Morgan fingerprint density at radius 3 is 1.66 bits per heavy atom. The highest BCUT2D eigenvalue weighted by molar-refractivity contribution is 6.23. The average molecular weight is 381 g/mol. The second-order valence-corrected chi connectivity index (χ2v) is 6.25. The Morgan fingerprint density at radius 1 is 0.552 bits per heavy atom. The van der Waals surface area contributed by atoms with Crippen LogP contribution in [0.2, 0.25) is 0 Å². The van der Waals surface area contributed by atoms with Crippen LogP contribution in [-0.4, -0.2) is 18.1 Å². The van der Waals surface area contributed by atoms with E-state index < -0.39 is 0 Å². The molecule has 0 saturated carbocycles. The van der Waals surface area contributed by atoms with E-state index in [2.05, 4.69) is 84.9 Å². The summed E-state index contributed by atoms with van der Waals surface area (Å²) in [5, 5.41) is 4.89. The Kier molecular flexibility index (Phi) is 6.91. The van der Waals surface area contributed by atoms with Gasteiger partial charge in [-0.1, -0.05) is 113 Å². The van der Waals surface area contributed by atoms with E-state index >= 15 is 0 Å². The topological polar surface area (TPSA) is 24.7 Å². The van der Waals surface area contributed by atoms with Crippen LogP contribution in [0.3, 0.4) is 0 Å². The van der Waals surface area contributed by atoms with Gasteiger partial charge >= 0.3 is 0 Å². The van der Waals surface area contributed by atoms with Crippen molar-refractivity contribution in [3.8, 4) is 0 Å². The predicted octanol–water partition coefficient (Wildman–Crippen LogP) is 7.29. The fourth-order valence-electron chi connectivity index (χ4n) is 3.54. The van der Waals surface area contributed by atoms with Gasteiger partial charge in [-0.05, 0) is 21.5 Å². The number of rotatable bonds is 2. The van der Waals surface area contributed by atoms with Gasteiger partial charge in [0, 0.05) is 11.1 Å². The SMILES string of the molecule is CC.CC.c1ccc2c(C3=NC(c4cccc5ccccc45)=NC3)cccc2c1. The molecule has 2 heteroatoms. The van der Waals surface area contributed by atoms with Crippen molar-refractivity contribution in [3.05, 3.63) is 96.1 Å². The molecule has 29 heavy (non-hydrogen) atoms. The van der Waals surface area contributed by atoms with Gasteiger partial charge in [-0.25, -0.2) is 4.99 Å². The molecule has 1 aliphatic heterocycles. The lowest BCUT2D eigenvalue weighted by Gasteiger charge is -2.06. The van der Waals surface area contributed by atoms with Crippen LogP contribution in [0.4, 0.5) is 0 Å². The first-order valence-corrected chi connectivity index (χ1v) is 10.5. The minimum Gasteiger partial charge on any atom is -0.260 e. The average Bonchev–Trinajstić information content (AvgIpc) is 3.31. The molecule has 0 spiro atoms. The van der Waals surface area contributed by atoms with Crippen molar-refractivity contribution >= 4 is 33.1 Å². The molecule has 0 atom stereocenters. The van der Waals surface area contributed by atoms with E-state index in [9.17, 15) is 0 Å². The Morgan fingerprint density at radius 2 is 1.03 bits per heavy atom. The van der Waals surface area contributed by atoms with Crippen molar-refractivity contribution in [2.24, 2.45) is 9.98 Å².